The van der Waals surface area contributed by atoms with Crippen LogP contribution in [0.4, 0.5) is 0 Å². The van der Waals surface area contributed by atoms with E-state index in [-0.39, 0.29) is 5.91 Å². The summed E-state index contributed by atoms with van der Waals surface area (Å²) >= 11 is 5.75. The second-order valence-electron chi connectivity index (χ2n) is 5.21. The van der Waals surface area contributed by atoms with E-state index in [9.17, 15) is 4.79 Å². The second kappa shape index (κ2) is 6.41. The van der Waals surface area contributed by atoms with Gasteiger partial charge >= 0.3 is 0 Å². The van der Waals surface area contributed by atoms with Gasteiger partial charge in [0.2, 0.25) is 0 Å². The van der Waals surface area contributed by atoms with Gasteiger partial charge in [0.15, 0.2) is 0 Å². The lowest BCUT2D eigenvalue weighted by molar-refractivity contribution is 0.0639. The summed E-state index contributed by atoms with van der Waals surface area (Å²) in [6.07, 6.45) is 0. The molecule has 1 aromatic carbocycles. The van der Waals surface area contributed by atoms with Crippen LogP contribution in [0.15, 0.2) is 36.4 Å². The zero-order valence-corrected chi connectivity index (χ0v) is 12.6. The quantitative estimate of drug-likeness (QED) is 0.816. The normalized spacial score (nSPS) is 16.3. The van der Waals surface area contributed by atoms with Gasteiger partial charge in [-0.2, -0.15) is 0 Å². The molecule has 21 heavy (non-hydrogen) atoms. The Labute approximate surface area is 129 Å². The number of amides is 1. The number of aromatic nitrogens is 1. The number of alkyl halides is 1. The van der Waals surface area contributed by atoms with Crippen molar-refractivity contribution < 1.29 is 4.79 Å². The molecule has 1 amide bonds. The van der Waals surface area contributed by atoms with Crippen LogP contribution in [0.25, 0.3) is 10.9 Å². The molecule has 1 fully saturated rings. The summed E-state index contributed by atoms with van der Waals surface area (Å²) in [6.45, 7) is 4.13. The number of hydrogen-bond acceptors (Lipinski definition) is 3. The zero-order chi connectivity index (χ0) is 14.7. The molecule has 0 N–H and O–H groups in total. The summed E-state index contributed by atoms with van der Waals surface area (Å²) in [6, 6.07) is 11.6. The Morgan fingerprint density at radius 1 is 1.10 bits per heavy atom. The Hall–Kier alpha value is -1.65. The van der Waals surface area contributed by atoms with Gasteiger partial charge in [-0.15, -0.1) is 11.6 Å². The van der Waals surface area contributed by atoms with Gasteiger partial charge in [0.05, 0.1) is 5.52 Å². The van der Waals surface area contributed by atoms with Crippen LogP contribution >= 0.6 is 11.6 Å². The summed E-state index contributed by atoms with van der Waals surface area (Å²) in [5.41, 5.74) is 1.39. The van der Waals surface area contributed by atoms with Crippen molar-refractivity contribution in [1.82, 2.24) is 14.8 Å². The molecule has 0 aliphatic carbocycles. The van der Waals surface area contributed by atoms with Crippen molar-refractivity contribution in [2.45, 2.75) is 0 Å². The molecule has 2 heterocycles. The number of carbonyl (C=O) groups is 1. The lowest BCUT2D eigenvalue weighted by Crippen LogP contribution is -2.49. The zero-order valence-electron chi connectivity index (χ0n) is 11.8. The fourth-order valence-electron chi connectivity index (χ4n) is 2.64. The Morgan fingerprint density at radius 3 is 2.62 bits per heavy atom. The SMILES string of the molecule is O=C(c1ccc2ccccc2n1)N1CCN(CCCl)CC1. The monoisotopic (exact) mass is 303 g/mol. The number of nitrogens with zero attached hydrogens (tertiary/aromatic N) is 3. The first kappa shape index (κ1) is 14.3. The maximum atomic E-state index is 12.5. The molecule has 0 atom stereocenters. The van der Waals surface area contributed by atoms with Crippen LogP contribution < -0.4 is 0 Å². The first-order valence-corrected chi connectivity index (χ1v) is 7.75. The van der Waals surface area contributed by atoms with Gasteiger partial charge in [-0.1, -0.05) is 24.3 Å². The van der Waals surface area contributed by atoms with E-state index in [1.165, 1.54) is 0 Å². The minimum atomic E-state index is 0.0197. The van der Waals surface area contributed by atoms with Gasteiger partial charge in [-0.05, 0) is 12.1 Å². The smallest absolute Gasteiger partial charge is 0.272 e. The average Bonchev–Trinajstić information content (AvgIpc) is 2.55. The van der Waals surface area contributed by atoms with E-state index < -0.39 is 0 Å². The molecule has 0 radical (unpaired) electrons. The molecule has 3 rings (SSSR count). The fraction of sp³-hybridized carbons (Fsp3) is 0.375. The number of para-hydroxylation sites is 1. The molecule has 2 aromatic rings. The van der Waals surface area contributed by atoms with E-state index in [0.717, 1.165) is 43.6 Å². The molecule has 0 saturated carbocycles. The standard InChI is InChI=1S/C16H18ClN3O/c17-7-8-19-9-11-20(12-10-19)16(21)15-6-5-13-3-1-2-4-14(13)18-15/h1-6H,7-12H2. The van der Waals surface area contributed by atoms with Crippen LogP contribution in [-0.4, -0.2) is 59.3 Å². The van der Waals surface area contributed by atoms with Gasteiger partial charge in [-0.25, -0.2) is 4.98 Å². The van der Waals surface area contributed by atoms with E-state index in [1.807, 2.05) is 41.3 Å². The molecule has 1 aliphatic heterocycles. The van der Waals surface area contributed by atoms with Crippen LogP contribution in [0.2, 0.25) is 0 Å². The average molecular weight is 304 g/mol. The molecule has 4 nitrogen and oxygen atoms in total. The highest BCUT2D eigenvalue weighted by molar-refractivity contribution is 6.18. The van der Waals surface area contributed by atoms with E-state index in [0.29, 0.717) is 11.6 Å². The predicted molar refractivity (Wildman–Crippen MR) is 84.8 cm³/mol. The van der Waals surface area contributed by atoms with Gasteiger partial charge in [0.25, 0.3) is 5.91 Å². The van der Waals surface area contributed by atoms with Crippen molar-refractivity contribution in [1.29, 1.82) is 0 Å². The first-order valence-electron chi connectivity index (χ1n) is 7.21. The highest BCUT2D eigenvalue weighted by Gasteiger charge is 2.22. The lowest BCUT2D eigenvalue weighted by Gasteiger charge is -2.34. The summed E-state index contributed by atoms with van der Waals surface area (Å²) < 4.78 is 0. The molecule has 0 spiro atoms. The Balaban J connectivity index is 1.72. The highest BCUT2D eigenvalue weighted by atomic mass is 35.5. The van der Waals surface area contributed by atoms with Crippen molar-refractivity contribution in [3.05, 3.63) is 42.1 Å². The minimum Gasteiger partial charge on any atom is -0.335 e. The number of pyridine rings is 1. The van der Waals surface area contributed by atoms with Gasteiger partial charge in [-0.3, -0.25) is 9.69 Å². The van der Waals surface area contributed by atoms with Crippen LogP contribution in [-0.2, 0) is 0 Å². The van der Waals surface area contributed by atoms with Gasteiger partial charge in [0, 0.05) is 44.0 Å². The Morgan fingerprint density at radius 2 is 1.86 bits per heavy atom. The largest absolute Gasteiger partial charge is 0.335 e. The fourth-order valence-corrected chi connectivity index (χ4v) is 2.88. The molecule has 0 unspecified atom stereocenters. The molecular formula is C16H18ClN3O. The molecule has 5 heteroatoms. The summed E-state index contributed by atoms with van der Waals surface area (Å²) in [4.78, 5) is 21.2. The van der Waals surface area contributed by atoms with Crippen LogP contribution in [0.1, 0.15) is 10.5 Å². The summed E-state index contributed by atoms with van der Waals surface area (Å²) in [7, 11) is 0. The third-order valence-corrected chi connectivity index (χ3v) is 4.05. The molecule has 110 valence electrons. The number of fused-ring (bicyclic) bond motifs is 1. The lowest BCUT2D eigenvalue weighted by atomic mass is 10.2. The number of halogens is 1. The maximum absolute atomic E-state index is 12.5. The topological polar surface area (TPSA) is 36.4 Å². The molecule has 1 aromatic heterocycles. The van der Waals surface area contributed by atoms with E-state index >= 15 is 0 Å². The molecular weight excluding hydrogens is 286 g/mol. The summed E-state index contributed by atoms with van der Waals surface area (Å²) in [5.74, 6) is 0.659. The van der Waals surface area contributed by atoms with Crippen molar-refractivity contribution >= 4 is 28.4 Å². The van der Waals surface area contributed by atoms with Crippen molar-refractivity contribution in [3.63, 3.8) is 0 Å². The number of benzene rings is 1. The molecule has 1 aliphatic rings. The predicted octanol–water partition coefficient (Wildman–Crippen LogP) is 2.23. The van der Waals surface area contributed by atoms with Crippen molar-refractivity contribution in [2.75, 3.05) is 38.6 Å². The second-order valence-corrected chi connectivity index (χ2v) is 5.59. The van der Waals surface area contributed by atoms with Gasteiger partial charge < -0.3 is 4.90 Å². The Bertz CT molecular complexity index is 638. The number of hydrogen-bond donors (Lipinski definition) is 0. The molecule has 0 bridgehead atoms. The minimum absolute atomic E-state index is 0.0197. The van der Waals surface area contributed by atoms with Crippen LogP contribution in [0, 0.1) is 0 Å². The first-order chi connectivity index (χ1) is 10.3. The van der Waals surface area contributed by atoms with Crippen LogP contribution in [0.5, 0.6) is 0 Å². The van der Waals surface area contributed by atoms with Crippen LogP contribution in [0.3, 0.4) is 0 Å². The summed E-state index contributed by atoms with van der Waals surface area (Å²) in [5, 5.41) is 1.06. The molecule has 1 saturated heterocycles. The van der Waals surface area contributed by atoms with Gasteiger partial charge in [0.1, 0.15) is 5.69 Å². The highest BCUT2D eigenvalue weighted by Crippen LogP contribution is 2.14. The maximum Gasteiger partial charge on any atom is 0.272 e. The third kappa shape index (κ3) is 3.17. The van der Waals surface area contributed by atoms with E-state index in [1.54, 1.807) is 0 Å². The number of piperazine rings is 1. The van der Waals surface area contributed by atoms with Crippen molar-refractivity contribution in [3.8, 4) is 0 Å². The van der Waals surface area contributed by atoms with E-state index in [2.05, 4.69) is 9.88 Å². The Kier molecular flexibility index (Phi) is 4.36. The van der Waals surface area contributed by atoms with E-state index in [4.69, 9.17) is 11.6 Å². The third-order valence-electron chi connectivity index (χ3n) is 3.88. The van der Waals surface area contributed by atoms with Crippen molar-refractivity contribution in [2.24, 2.45) is 0 Å². The number of rotatable bonds is 3. The number of carbonyl (C=O) groups excluding carboxylic acids is 1.